The Morgan fingerprint density at radius 3 is 2.28 bits per heavy atom. The molecule has 0 aliphatic heterocycles. The molecule has 12 nitrogen and oxygen atoms in total. The summed E-state index contributed by atoms with van der Waals surface area (Å²) in [6.45, 7) is 7.42. The summed E-state index contributed by atoms with van der Waals surface area (Å²) in [4.78, 5) is 51.5. The molecule has 2 heterocycles. The molecule has 2 aromatic carbocycles. The summed E-state index contributed by atoms with van der Waals surface area (Å²) in [5.74, 6) is -0.859. The molecule has 2 N–H and O–H groups in total. The average molecular weight is 680 g/mol. The Hall–Kier alpha value is -4.69. The number of para-hydroxylation sites is 1. The van der Waals surface area contributed by atoms with E-state index in [4.69, 9.17) is 14.2 Å². The maximum absolute atomic E-state index is 13.4. The SMILES string of the molecule is CCOC(=O)c1sc(NC(=O)C(C)Sc2nnc(CNC(=O)COc3ccccc3)n2CCc2ccccc2)c(C(=O)OCC)c1C. The molecule has 0 aliphatic carbocycles. The maximum atomic E-state index is 13.4. The quantitative estimate of drug-likeness (QED) is 0.122. The summed E-state index contributed by atoms with van der Waals surface area (Å²) in [5.41, 5.74) is 1.60. The molecule has 0 saturated heterocycles. The second kappa shape index (κ2) is 17.3. The molecule has 248 valence electrons. The van der Waals surface area contributed by atoms with Crippen molar-refractivity contribution < 1.29 is 33.4 Å². The lowest BCUT2D eigenvalue weighted by Crippen LogP contribution is -2.30. The minimum Gasteiger partial charge on any atom is -0.484 e. The number of benzene rings is 2. The van der Waals surface area contributed by atoms with Gasteiger partial charge in [-0.05, 0) is 57.4 Å². The van der Waals surface area contributed by atoms with Gasteiger partial charge in [0.25, 0.3) is 5.91 Å². The number of thiophene rings is 1. The molecule has 2 amide bonds. The first-order chi connectivity index (χ1) is 22.7. The highest BCUT2D eigenvalue weighted by molar-refractivity contribution is 8.00. The number of hydrogen-bond acceptors (Lipinski definition) is 11. The molecule has 47 heavy (non-hydrogen) atoms. The number of hydrogen-bond donors (Lipinski definition) is 2. The van der Waals surface area contributed by atoms with Gasteiger partial charge in [-0.25, -0.2) is 9.59 Å². The average Bonchev–Trinajstić information content (AvgIpc) is 3.61. The zero-order valence-electron chi connectivity index (χ0n) is 26.6. The number of amides is 2. The van der Waals surface area contributed by atoms with Gasteiger partial charge in [0.1, 0.15) is 15.6 Å². The van der Waals surface area contributed by atoms with Crippen LogP contribution in [0.4, 0.5) is 5.00 Å². The van der Waals surface area contributed by atoms with Crippen LogP contribution >= 0.6 is 23.1 Å². The highest BCUT2D eigenvalue weighted by atomic mass is 32.2. The second-order valence-corrected chi connectivity index (χ2v) is 12.4. The van der Waals surface area contributed by atoms with Gasteiger partial charge in [0.2, 0.25) is 5.91 Å². The number of esters is 2. The highest BCUT2D eigenvalue weighted by Gasteiger charge is 2.29. The van der Waals surface area contributed by atoms with Crippen LogP contribution in [-0.2, 0) is 38.6 Å². The molecule has 4 aromatic rings. The summed E-state index contributed by atoms with van der Waals surface area (Å²) in [6.07, 6.45) is 0.666. The van der Waals surface area contributed by atoms with Crippen LogP contribution in [-0.4, -0.2) is 63.6 Å². The van der Waals surface area contributed by atoms with E-state index in [0.717, 1.165) is 16.9 Å². The Bertz CT molecular complexity index is 1680. The van der Waals surface area contributed by atoms with E-state index in [-0.39, 0.29) is 47.7 Å². The lowest BCUT2D eigenvalue weighted by atomic mass is 10.1. The standard InChI is InChI=1S/C33H37N5O7S2/c1-5-43-31(41)27-21(3)28(32(42)44-6-2)47-30(27)35-29(40)22(4)46-33-37-36-25(38(33)18-17-23-13-9-7-10-14-23)19-34-26(39)20-45-24-15-11-8-12-16-24/h7-16,22H,5-6,17-20H2,1-4H3,(H,34,39)(H,35,40). The molecule has 1 unspecified atom stereocenters. The molecule has 2 aromatic heterocycles. The number of anilines is 1. The van der Waals surface area contributed by atoms with E-state index in [1.807, 2.05) is 53.1 Å². The van der Waals surface area contributed by atoms with Crippen LogP contribution in [0.2, 0.25) is 0 Å². The molecule has 1 atom stereocenters. The predicted octanol–water partition coefficient (Wildman–Crippen LogP) is 5.06. The third-order valence-electron chi connectivity index (χ3n) is 6.79. The Morgan fingerprint density at radius 1 is 0.936 bits per heavy atom. The van der Waals surface area contributed by atoms with Gasteiger partial charge in [-0.15, -0.1) is 21.5 Å². The minimum absolute atomic E-state index is 0.105. The van der Waals surface area contributed by atoms with Crippen molar-refractivity contribution in [1.82, 2.24) is 20.1 Å². The lowest BCUT2D eigenvalue weighted by molar-refractivity contribution is -0.123. The number of carbonyl (C=O) groups excluding carboxylic acids is 4. The largest absolute Gasteiger partial charge is 0.484 e. The topological polar surface area (TPSA) is 151 Å². The van der Waals surface area contributed by atoms with E-state index in [1.165, 1.54) is 11.8 Å². The van der Waals surface area contributed by atoms with Gasteiger partial charge >= 0.3 is 11.9 Å². The Balaban J connectivity index is 1.49. The molecule has 0 fully saturated rings. The molecule has 0 aliphatic rings. The molecule has 0 spiro atoms. The minimum atomic E-state index is -0.681. The van der Waals surface area contributed by atoms with Gasteiger partial charge in [-0.2, -0.15) is 0 Å². The number of nitrogens with zero attached hydrogens (tertiary/aromatic N) is 3. The fraction of sp³-hybridized carbons (Fsp3) is 0.333. The number of rotatable bonds is 16. The summed E-state index contributed by atoms with van der Waals surface area (Å²) >= 11 is 2.15. The van der Waals surface area contributed by atoms with Crippen molar-refractivity contribution in [1.29, 1.82) is 0 Å². The van der Waals surface area contributed by atoms with E-state index in [2.05, 4.69) is 20.8 Å². The van der Waals surface area contributed by atoms with Crippen molar-refractivity contribution in [3.63, 3.8) is 0 Å². The summed E-state index contributed by atoms with van der Waals surface area (Å²) < 4.78 is 17.7. The van der Waals surface area contributed by atoms with E-state index in [1.54, 1.807) is 39.8 Å². The van der Waals surface area contributed by atoms with Crippen molar-refractivity contribution in [2.75, 3.05) is 25.1 Å². The molecule has 0 saturated carbocycles. The van der Waals surface area contributed by atoms with E-state index in [0.29, 0.717) is 35.3 Å². The van der Waals surface area contributed by atoms with Crippen molar-refractivity contribution in [3.05, 3.63) is 88.1 Å². The fourth-order valence-electron chi connectivity index (χ4n) is 4.41. The van der Waals surface area contributed by atoms with Crippen LogP contribution in [0.5, 0.6) is 5.75 Å². The molecule has 0 radical (unpaired) electrons. The number of nitrogens with one attached hydrogen (secondary N) is 2. The first kappa shape index (κ1) is 35.2. The Morgan fingerprint density at radius 2 is 1.60 bits per heavy atom. The number of ether oxygens (including phenoxy) is 3. The Kier molecular flexibility index (Phi) is 12.9. The molecule has 0 bridgehead atoms. The number of aryl methyl sites for hydroxylation is 1. The third kappa shape index (κ3) is 9.66. The van der Waals surface area contributed by atoms with E-state index in [9.17, 15) is 19.2 Å². The molecule has 4 rings (SSSR count). The van der Waals surface area contributed by atoms with Crippen LogP contribution in [0, 0.1) is 6.92 Å². The number of thioether (sulfide) groups is 1. The maximum Gasteiger partial charge on any atom is 0.348 e. The highest BCUT2D eigenvalue weighted by Crippen LogP contribution is 2.35. The molecule has 14 heteroatoms. The van der Waals surface area contributed by atoms with Gasteiger partial charge in [0, 0.05) is 6.54 Å². The van der Waals surface area contributed by atoms with Gasteiger partial charge in [-0.1, -0.05) is 60.3 Å². The van der Waals surface area contributed by atoms with E-state index < -0.39 is 23.1 Å². The number of aromatic nitrogens is 3. The van der Waals surface area contributed by atoms with Crippen molar-refractivity contribution in [2.45, 2.75) is 57.6 Å². The second-order valence-electron chi connectivity index (χ2n) is 10.1. The molecular weight excluding hydrogens is 643 g/mol. The van der Waals surface area contributed by atoms with Crippen molar-refractivity contribution in [3.8, 4) is 5.75 Å². The smallest absolute Gasteiger partial charge is 0.348 e. The van der Waals surface area contributed by atoms with Crippen molar-refractivity contribution in [2.24, 2.45) is 0 Å². The van der Waals surface area contributed by atoms with Gasteiger partial charge in [-0.3, -0.25) is 9.59 Å². The van der Waals surface area contributed by atoms with E-state index >= 15 is 0 Å². The zero-order valence-corrected chi connectivity index (χ0v) is 28.2. The predicted molar refractivity (Wildman–Crippen MR) is 179 cm³/mol. The van der Waals surface area contributed by atoms with Crippen LogP contribution < -0.4 is 15.4 Å². The normalized spacial score (nSPS) is 11.4. The van der Waals surface area contributed by atoms with Crippen LogP contribution in [0.25, 0.3) is 0 Å². The monoisotopic (exact) mass is 679 g/mol. The fourth-order valence-corrected chi connectivity index (χ4v) is 6.39. The summed E-state index contributed by atoms with van der Waals surface area (Å²) in [6, 6.07) is 18.9. The Labute approximate surface area is 281 Å². The van der Waals surface area contributed by atoms with Gasteiger partial charge < -0.3 is 29.4 Å². The lowest BCUT2D eigenvalue weighted by Gasteiger charge is -2.14. The first-order valence-electron chi connectivity index (χ1n) is 15.1. The van der Waals surface area contributed by atoms with Crippen LogP contribution in [0.3, 0.4) is 0 Å². The van der Waals surface area contributed by atoms with Crippen LogP contribution in [0.15, 0.2) is 65.8 Å². The summed E-state index contributed by atoms with van der Waals surface area (Å²) in [7, 11) is 0. The van der Waals surface area contributed by atoms with Gasteiger partial charge in [0.15, 0.2) is 17.6 Å². The van der Waals surface area contributed by atoms with Crippen LogP contribution in [0.1, 0.15) is 57.8 Å². The first-order valence-corrected chi connectivity index (χ1v) is 16.8. The summed E-state index contributed by atoms with van der Waals surface area (Å²) in [5, 5.41) is 14.3. The third-order valence-corrected chi connectivity index (χ3v) is 9.06. The number of carbonyl (C=O) groups is 4. The zero-order chi connectivity index (χ0) is 33.8. The van der Waals surface area contributed by atoms with Gasteiger partial charge in [0.05, 0.1) is 30.6 Å². The molecular formula is C33H37N5O7S2. The van der Waals surface area contributed by atoms with Crippen molar-refractivity contribution >= 4 is 51.9 Å².